The van der Waals surface area contributed by atoms with E-state index in [4.69, 9.17) is 8.92 Å². The van der Waals surface area contributed by atoms with E-state index in [0.717, 1.165) is 6.26 Å². The van der Waals surface area contributed by atoms with Gasteiger partial charge in [-0.2, -0.15) is 8.42 Å². The third kappa shape index (κ3) is 3.93. The standard InChI is InChI=1S/C13H17NO6S/c1-8-9(4-3-5-11(8)15)13(16)14-10-6-19-7-12(10)20-21(2,17)18/h3-5,10,12,15H,6-7H2,1-2H3,(H,14,16)/t10-,12-/m0/s1. The van der Waals surface area contributed by atoms with Crippen molar-refractivity contribution in [2.24, 2.45) is 0 Å². The van der Waals surface area contributed by atoms with Gasteiger partial charge in [0, 0.05) is 11.1 Å². The Labute approximate surface area is 123 Å². The lowest BCUT2D eigenvalue weighted by Gasteiger charge is -2.19. The predicted molar refractivity (Wildman–Crippen MR) is 74.6 cm³/mol. The largest absolute Gasteiger partial charge is 0.508 e. The molecule has 1 fully saturated rings. The van der Waals surface area contributed by atoms with Crippen molar-refractivity contribution < 1.29 is 27.2 Å². The highest BCUT2D eigenvalue weighted by molar-refractivity contribution is 7.86. The fourth-order valence-corrected chi connectivity index (χ4v) is 2.74. The molecule has 0 radical (unpaired) electrons. The van der Waals surface area contributed by atoms with Gasteiger partial charge < -0.3 is 15.2 Å². The number of phenolic OH excluding ortho intramolecular Hbond substituents is 1. The minimum atomic E-state index is -3.63. The summed E-state index contributed by atoms with van der Waals surface area (Å²) in [7, 11) is -3.63. The molecular formula is C13H17NO6S. The zero-order valence-electron chi connectivity index (χ0n) is 11.7. The van der Waals surface area contributed by atoms with Gasteiger partial charge in [-0.05, 0) is 19.1 Å². The van der Waals surface area contributed by atoms with E-state index >= 15 is 0 Å². The van der Waals surface area contributed by atoms with Crippen LogP contribution in [0.5, 0.6) is 5.75 Å². The quantitative estimate of drug-likeness (QED) is 0.768. The molecule has 1 aromatic carbocycles. The predicted octanol–water partition coefficient (Wildman–Crippen LogP) is 0.174. The van der Waals surface area contributed by atoms with E-state index < -0.39 is 28.2 Å². The van der Waals surface area contributed by atoms with Gasteiger partial charge in [-0.3, -0.25) is 8.98 Å². The summed E-state index contributed by atoms with van der Waals surface area (Å²) in [5.74, 6) is -0.393. The van der Waals surface area contributed by atoms with E-state index in [1.54, 1.807) is 19.1 Å². The molecule has 1 amide bonds. The molecule has 0 aliphatic carbocycles. The zero-order chi connectivity index (χ0) is 15.6. The second kappa shape index (κ2) is 6.00. The van der Waals surface area contributed by atoms with Crippen LogP contribution >= 0.6 is 0 Å². The van der Waals surface area contributed by atoms with Crippen LogP contribution in [-0.2, 0) is 19.0 Å². The maximum Gasteiger partial charge on any atom is 0.264 e. The van der Waals surface area contributed by atoms with Gasteiger partial charge in [0.2, 0.25) is 0 Å². The van der Waals surface area contributed by atoms with Crippen LogP contribution in [0.15, 0.2) is 18.2 Å². The lowest BCUT2D eigenvalue weighted by atomic mass is 10.1. The van der Waals surface area contributed by atoms with Crippen LogP contribution in [0.25, 0.3) is 0 Å². The Morgan fingerprint density at radius 3 is 2.81 bits per heavy atom. The normalized spacial score (nSPS) is 22.2. The van der Waals surface area contributed by atoms with Gasteiger partial charge >= 0.3 is 0 Å². The van der Waals surface area contributed by atoms with Gasteiger partial charge in [0.15, 0.2) is 0 Å². The molecule has 0 spiro atoms. The molecule has 0 aromatic heterocycles. The molecule has 116 valence electrons. The highest BCUT2D eigenvalue weighted by atomic mass is 32.2. The van der Waals surface area contributed by atoms with Crippen molar-refractivity contribution in [2.45, 2.75) is 19.1 Å². The topological polar surface area (TPSA) is 102 Å². The third-order valence-corrected chi connectivity index (χ3v) is 3.79. The smallest absolute Gasteiger partial charge is 0.264 e. The number of rotatable bonds is 4. The SMILES string of the molecule is Cc1c(O)cccc1C(=O)N[C@H]1COC[C@@H]1OS(C)(=O)=O. The van der Waals surface area contributed by atoms with Gasteiger partial charge in [0.25, 0.3) is 16.0 Å². The fraction of sp³-hybridized carbons (Fsp3) is 0.462. The molecule has 2 atom stereocenters. The first-order valence-electron chi connectivity index (χ1n) is 6.33. The van der Waals surface area contributed by atoms with E-state index in [9.17, 15) is 18.3 Å². The third-order valence-electron chi connectivity index (χ3n) is 3.19. The highest BCUT2D eigenvalue weighted by Crippen LogP contribution is 2.20. The molecule has 0 saturated carbocycles. The second-order valence-corrected chi connectivity index (χ2v) is 6.51. The number of carbonyl (C=O) groups excluding carboxylic acids is 1. The fourth-order valence-electron chi connectivity index (χ4n) is 2.10. The Kier molecular flexibility index (Phi) is 4.50. The van der Waals surface area contributed by atoms with Crippen LogP contribution in [0.2, 0.25) is 0 Å². The van der Waals surface area contributed by atoms with Gasteiger partial charge in [-0.1, -0.05) is 6.07 Å². The first-order valence-corrected chi connectivity index (χ1v) is 8.15. The minimum absolute atomic E-state index is 0.0225. The molecule has 1 aromatic rings. The first-order chi connectivity index (χ1) is 9.78. The van der Waals surface area contributed by atoms with Crippen molar-refractivity contribution >= 4 is 16.0 Å². The number of amides is 1. The number of benzene rings is 1. The summed E-state index contributed by atoms with van der Waals surface area (Å²) < 4.78 is 32.4. The molecule has 1 aliphatic rings. The molecule has 8 heteroatoms. The van der Waals surface area contributed by atoms with Gasteiger partial charge in [0.1, 0.15) is 11.9 Å². The lowest BCUT2D eigenvalue weighted by molar-refractivity contribution is 0.0905. The summed E-state index contributed by atoms with van der Waals surface area (Å²) >= 11 is 0. The van der Waals surface area contributed by atoms with Crippen molar-refractivity contribution in [3.8, 4) is 5.75 Å². The van der Waals surface area contributed by atoms with Crippen molar-refractivity contribution in [1.82, 2.24) is 5.32 Å². The molecule has 0 bridgehead atoms. The zero-order valence-corrected chi connectivity index (χ0v) is 12.5. The number of hydrogen-bond acceptors (Lipinski definition) is 6. The van der Waals surface area contributed by atoms with Crippen LogP contribution in [0.4, 0.5) is 0 Å². The maximum atomic E-state index is 12.2. The summed E-state index contributed by atoms with van der Waals surface area (Å²) in [4.78, 5) is 12.2. The Morgan fingerprint density at radius 1 is 1.43 bits per heavy atom. The van der Waals surface area contributed by atoms with Crippen molar-refractivity contribution in [3.05, 3.63) is 29.3 Å². The summed E-state index contributed by atoms with van der Waals surface area (Å²) in [5.41, 5.74) is 0.773. The average molecular weight is 315 g/mol. The van der Waals surface area contributed by atoms with Crippen LogP contribution < -0.4 is 5.32 Å². The highest BCUT2D eigenvalue weighted by Gasteiger charge is 2.33. The van der Waals surface area contributed by atoms with Crippen LogP contribution in [0, 0.1) is 6.92 Å². The summed E-state index contributed by atoms with van der Waals surface area (Å²) in [6, 6.07) is 4.06. The summed E-state index contributed by atoms with van der Waals surface area (Å²) in [6.07, 6.45) is 0.199. The van der Waals surface area contributed by atoms with Crippen molar-refractivity contribution in [1.29, 1.82) is 0 Å². The average Bonchev–Trinajstić information content (AvgIpc) is 2.77. The van der Waals surface area contributed by atoms with Crippen molar-refractivity contribution in [2.75, 3.05) is 19.5 Å². The van der Waals surface area contributed by atoms with Crippen LogP contribution in [0.3, 0.4) is 0 Å². The molecule has 7 nitrogen and oxygen atoms in total. The Bertz CT molecular complexity index is 642. The Morgan fingerprint density at radius 2 is 2.14 bits per heavy atom. The number of hydrogen-bond donors (Lipinski definition) is 2. The molecule has 2 rings (SSSR count). The number of carbonyl (C=O) groups is 1. The molecular weight excluding hydrogens is 298 g/mol. The van der Waals surface area contributed by atoms with Gasteiger partial charge in [0.05, 0.1) is 25.5 Å². The first kappa shape index (κ1) is 15.7. The molecule has 1 saturated heterocycles. The van der Waals surface area contributed by atoms with Gasteiger partial charge in [-0.15, -0.1) is 0 Å². The Balaban J connectivity index is 2.10. The second-order valence-electron chi connectivity index (χ2n) is 4.91. The molecule has 1 aliphatic heterocycles. The molecule has 1 heterocycles. The molecule has 0 unspecified atom stereocenters. The maximum absolute atomic E-state index is 12.2. The van der Waals surface area contributed by atoms with Crippen molar-refractivity contribution in [3.63, 3.8) is 0 Å². The molecule has 2 N–H and O–H groups in total. The van der Waals surface area contributed by atoms with E-state index in [1.165, 1.54) is 6.07 Å². The van der Waals surface area contributed by atoms with E-state index in [0.29, 0.717) is 11.1 Å². The number of nitrogens with one attached hydrogen (secondary N) is 1. The van der Waals surface area contributed by atoms with E-state index in [2.05, 4.69) is 5.32 Å². The Hall–Kier alpha value is -1.64. The number of aromatic hydroxyl groups is 1. The summed E-state index contributed by atoms with van der Waals surface area (Å²) in [5, 5.41) is 12.3. The van der Waals surface area contributed by atoms with E-state index in [1.807, 2.05) is 0 Å². The number of ether oxygens (including phenoxy) is 1. The van der Waals surface area contributed by atoms with Crippen LogP contribution in [-0.4, -0.2) is 51.0 Å². The minimum Gasteiger partial charge on any atom is -0.508 e. The number of phenols is 1. The lowest BCUT2D eigenvalue weighted by Crippen LogP contribution is -2.44. The molecule has 21 heavy (non-hydrogen) atoms. The van der Waals surface area contributed by atoms with Gasteiger partial charge in [-0.25, -0.2) is 0 Å². The monoisotopic (exact) mass is 315 g/mol. The van der Waals surface area contributed by atoms with Crippen LogP contribution in [0.1, 0.15) is 15.9 Å². The van der Waals surface area contributed by atoms with E-state index in [-0.39, 0.29) is 19.0 Å². The summed E-state index contributed by atoms with van der Waals surface area (Å²) in [6.45, 7) is 1.89.